The quantitative estimate of drug-likeness (QED) is 0.159. The number of benzene rings is 9. The van der Waals surface area contributed by atoms with Crippen molar-refractivity contribution in [3.05, 3.63) is 216 Å². The van der Waals surface area contributed by atoms with Crippen molar-refractivity contribution in [3.8, 4) is 22.3 Å². The Balaban J connectivity index is 1.11. The van der Waals surface area contributed by atoms with Gasteiger partial charge in [-0.15, -0.1) is 0 Å². The summed E-state index contributed by atoms with van der Waals surface area (Å²) in [5, 5.41) is 5.01. The predicted octanol–water partition coefficient (Wildman–Crippen LogP) is 16.0. The number of rotatable bonds is 7. The summed E-state index contributed by atoms with van der Waals surface area (Å²) >= 11 is 0. The minimum atomic E-state index is -0.293. The molecule has 9 aromatic carbocycles. The Morgan fingerprint density at radius 1 is 0.410 bits per heavy atom. The summed E-state index contributed by atoms with van der Waals surface area (Å²) in [6.07, 6.45) is 0. The van der Waals surface area contributed by atoms with Crippen LogP contribution in [-0.4, -0.2) is 4.57 Å². The van der Waals surface area contributed by atoms with Gasteiger partial charge in [-0.2, -0.15) is 0 Å². The van der Waals surface area contributed by atoms with Gasteiger partial charge >= 0.3 is 0 Å². The number of anilines is 6. The third-order valence-electron chi connectivity index (χ3n) is 13.0. The lowest BCUT2D eigenvalue weighted by atomic mass is 9.81. The fourth-order valence-electron chi connectivity index (χ4n) is 10.2. The Bertz CT molecular complexity index is 3280. The molecule has 0 radical (unpaired) electrons. The van der Waals surface area contributed by atoms with Crippen molar-refractivity contribution in [2.24, 2.45) is 7.05 Å². The average molecular weight is 786 g/mol. The van der Waals surface area contributed by atoms with Crippen LogP contribution in [0.4, 0.5) is 34.1 Å². The van der Waals surface area contributed by atoms with Gasteiger partial charge in [-0.25, -0.2) is 0 Å². The number of aryl methyl sites for hydroxylation is 3. The van der Waals surface area contributed by atoms with E-state index in [9.17, 15) is 0 Å². The first-order valence-corrected chi connectivity index (χ1v) is 21.3. The molecule has 0 aliphatic heterocycles. The molecule has 3 nitrogen and oxygen atoms in total. The van der Waals surface area contributed by atoms with E-state index in [1.54, 1.807) is 0 Å². The smallest absolute Gasteiger partial charge is 0.0561 e. The van der Waals surface area contributed by atoms with Gasteiger partial charge in [-0.05, 0) is 137 Å². The van der Waals surface area contributed by atoms with Crippen LogP contribution in [0.1, 0.15) is 36.1 Å². The zero-order valence-corrected chi connectivity index (χ0v) is 35.3. The monoisotopic (exact) mass is 785 g/mol. The van der Waals surface area contributed by atoms with Crippen LogP contribution in [0.2, 0.25) is 0 Å². The molecule has 1 aromatic heterocycles. The largest absolute Gasteiger partial charge is 0.344 e. The number of aromatic nitrogens is 1. The van der Waals surface area contributed by atoms with Gasteiger partial charge in [0.05, 0.1) is 16.9 Å². The SMILES string of the molecule is Cc1cc(C)cc(N(c2ccc(-c3ccccc3)cc2)c2cc3c(c4ccccc24)-c2ccc(N(c4ccccc4)c4cccc5c4c4ccccc4n5C)cc2C3(C)C)c1. The van der Waals surface area contributed by atoms with E-state index < -0.39 is 0 Å². The first-order chi connectivity index (χ1) is 29.8. The molecular formula is C58H47N3. The highest BCUT2D eigenvalue weighted by Gasteiger charge is 2.39. The Kier molecular flexibility index (Phi) is 8.51. The van der Waals surface area contributed by atoms with Crippen molar-refractivity contribution in [2.45, 2.75) is 33.1 Å². The van der Waals surface area contributed by atoms with Crippen LogP contribution in [0, 0.1) is 13.8 Å². The predicted molar refractivity (Wildman–Crippen MR) is 260 cm³/mol. The van der Waals surface area contributed by atoms with E-state index in [0.717, 1.165) is 22.7 Å². The highest BCUT2D eigenvalue weighted by molar-refractivity contribution is 6.16. The first-order valence-electron chi connectivity index (χ1n) is 21.3. The minimum absolute atomic E-state index is 0.293. The van der Waals surface area contributed by atoms with Crippen LogP contribution in [0.15, 0.2) is 194 Å². The van der Waals surface area contributed by atoms with Crippen LogP contribution in [0.25, 0.3) is 54.8 Å². The molecular weight excluding hydrogens is 739 g/mol. The van der Waals surface area contributed by atoms with Crippen LogP contribution in [0.5, 0.6) is 0 Å². The molecule has 10 aromatic rings. The summed E-state index contributed by atoms with van der Waals surface area (Å²) < 4.78 is 2.32. The van der Waals surface area contributed by atoms with Gasteiger partial charge < -0.3 is 14.4 Å². The van der Waals surface area contributed by atoms with Gasteiger partial charge in [0.15, 0.2) is 0 Å². The van der Waals surface area contributed by atoms with Gasteiger partial charge in [0, 0.05) is 56.9 Å². The molecule has 0 bridgehead atoms. The molecule has 1 aliphatic rings. The van der Waals surface area contributed by atoms with E-state index in [2.05, 4.69) is 243 Å². The van der Waals surface area contributed by atoms with Gasteiger partial charge in [-0.3, -0.25) is 0 Å². The molecule has 3 heteroatoms. The molecule has 61 heavy (non-hydrogen) atoms. The van der Waals surface area contributed by atoms with Crippen molar-refractivity contribution < 1.29 is 0 Å². The summed E-state index contributed by atoms with van der Waals surface area (Å²) in [5.41, 5.74) is 19.3. The van der Waals surface area contributed by atoms with E-state index in [0.29, 0.717) is 0 Å². The van der Waals surface area contributed by atoms with E-state index in [1.807, 2.05) is 0 Å². The lowest BCUT2D eigenvalue weighted by Gasteiger charge is -2.30. The second-order valence-electron chi connectivity index (χ2n) is 17.2. The Morgan fingerprint density at radius 3 is 1.72 bits per heavy atom. The summed E-state index contributed by atoms with van der Waals surface area (Å²) in [7, 11) is 2.18. The van der Waals surface area contributed by atoms with Gasteiger partial charge in [0.25, 0.3) is 0 Å². The van der Waals surface area contributed by atoms with Crippen molar-refractivity contribution >= 4 is 66.7 Å². The van der Waals surface area contributed by atoms with Gasteiger partial charge in [0.2, 0.25) is 0 Å². The van der Waals surface area contributed by atoms with Crippen molar-refractivity contribution in [2.75, 3.05) is 9.80 Å². The van der Waals surface area contributed by atoms with Crippen molar-refractivity contribution in [3.63, 3.8) is 0 Å². The molecule has 0 fully saturated rings. The third kappa shape index (κ3) is 5.87. The Labute approximate surface area is 358 Å². The second kappa shape index (κ2) is 14.1. The summed E-state index contributed by atoms with van der Waals surface area (Å²) in [6.45, 7) is 9.22. The van der Waals surface area contributed by atoms with E-state index in [4.69, 9.17) is 0 Å². The average Bonchev–Trinajstić information content (AvgIpc) is 3.71. The molecule has 1 heterocycles. The minimum Gasteiger partial charge on any atom is -0.344 e. The summed E-state index contributed by atoms with van der Waals surface area (Å²) in [6, 6.07) is 71.6. The second-order valence-corrected chi connectivity index (χ2v) is 17.2. The zero-order chi connectivity index (χ0) is 41.4. The van der Waals surface area contributed by atoms with Crippen molar-refractivity contribution in [1.82, 2.24) is 4.57 Å². The lowest BCUT2D eigenvalue weighted by molar-refractivity contribution is 0.661. The number of nitrogens with zero attached hydrogens (tertiary/aromatic N) is 3. The van der Waals surface area contributed by atoms with Crippen molar-refractivity contribution in [1.29, 1.82) is 0 Å². The van der Waals surface area contributed by atoms with Gasteiger partial charge in [0.1, 0.15) is 0 Å². The molecule has 0 spiro atoms. The topological polar surface area (TPSA) is 11.4 Å². The standard InChI is InChI=1S/C58H47N3/c1-38-33-39(2)35-45(34-38)61(43-29-27-41(28-30-43)40-17-8-6-9-18-40)55-37-51-56(47-22-13-12-21-46(47)55)48-32-31-44(36-50(48)58(51,3)4)60(42-19-10-7-11-20-42)54-26-16-25-53-57(54)49-23-14-15-24-52(49)59(53)5/h6-37H,1-5H3. The molecule has 0 atom stereocenters. The summed E-state index contributed by atoms with van der Waals surface area (Å²) in [5.74, 6) is 0. The maximum absolute atomic E-state index is 2.49. The molecule has 294 valence electrons. The molecule has 1 aliphatic carbocycles. The normalized spacial score (nSPS) is 12.8. The Morgan fingerprint density at radius 2 is 0.984 bits per heavy atom. The Hall–Kier alpha value is -7.36. The van der Waals surface area contributed by atoms with E-state index in [1.165, 1.54) is 88.5 Å². The number of fused-ring (bicyclic) bond motifs is 8. The molecule has 0 saturated carbocycles. The molecule has 0 saturated heterocycles. The van der Waals surface area contributed by atoms with E-state index in [-0.39, 0.29) is 5.41 Å². The first kappa shape index (κ1) is 36.7. The molecule has 0 amide bonds. The number of hydrogen-bond acceptors (Lipinski definition) is 2. The van der Waals surface area contributed by atoms with Crippen LogP contribution in [-0.2, 0) is 12.5 Å². The lowest BCUT2D eigenvalue weighted by Crippen LogP contribution is -2.18. The van der Waals surface area contributed by atoms with E-state index >= 15 is 0 Å². The highest BCUT2D eigenvalue weighted by Crippen LogP contribution is 2.56. The van der Waals surface area contributed by atoms with Gasteiger partial charge in [-0.1, -0.05) is 135 Å². The number of hydrogen-bond donors (Lipinski definition) is 0. The third-order valence-corrected chi connectivity index (χ3v) is 13.0. The number of para-hydroxylation sites is 2. The fraction of sp³-hybridized carbons (Fsp3) is 0.103. The molecule has 11 rings (SSSR count). The molecule has 0 N–H and O–H groups in total. The fourth-order valence-corrected chi connectivity index (χ4v) is 10.2. The maximum atomic E-state index is 2.49. The van der Waals surface area contributed by atoms with Crippen LogP contribution < -0.4 is 9.80 Å². The molecule has 0 unspecified atom stereocenters. The van der Waals surface area contributed by atoms with Crippen LogP contribution >= 0.6 is 0 Å². The zero-order valence-electron chi connectivity index (χ0n) is 35.3. The van der Waals surface area contributed by atoms with Crippen LogP contribution in [0.3, 0.4) is 0 Å². The maximum Gasteiger partial charge on any atom is 0.0561 e. The highest BCUT2D eigenvalue weighted by atomic mass is 15.2. The summed E-state index contributed by atoms with van der Waals surface area (Å²) in [4.78, 5) is 4.93.